The van der Waals surface area contributed by atoms with E-state index in [2.05, 4.69) is 0 Å². The fourth-order valence-electron chi connectivity index (χ4n) is 4.67. The second-order valence-corrected chi connectivity index (χ2v) is 8.56. The molecule has 26 heavy (non-hydrogen) atoms. The number of piperidine rings is 1. The molecule has 0 aromatic carbocycles. The van der Waals surface area contributed by atoms with Gasteiger partial charge in [-0.1, -0.05) is 0 Å². The van der Waals surface area contributed by atoms with Crippen molar-refractivity contribution in [1.29, 1.82) is 0 Å². The van der Waals surface area contributed by atoms with Gasteiger partial charge in [0.05, 0.1) is 30.1 Å². The normalized spacial score (nSPS) is 34.1. The van der Waals surface area contributed by atoms with Crippen LogP contribution >= 0.6 is 11.3 Å². The second kappa shape index (κ2) is 7.03. The molecule has 1 N–H and O–H groups in total. The number of nitrogens with zero attached hydrogens (tertiary/aromatic N) is 1. The molecular weight excluding hydrogens is 354 g/mol. The first kappa shape index (κ1) is 18.1. The third-order valence-electron chi connectivity index (χ3n) is 6.13. The molecule has 0 saturated carbocycles. The minimum atomic E-state index is -0.801. The zero-order valence-corrected chi connectivity index (χ0v) is 15.8. The van der Waals surface area contributed by atoms with Crippen LogP contribution in [0.25, 0.3) is 0 Å². The van der Waals surface area contributed by atoms with E-state index >= 15 is 0 Å². The fraction of sp³-hybridized carbons (Fsp3) is 0.684. The van der Waals surface area contributed by atoms with Gasteiger partial charge in [-0.2, -0.15) is 0 Å². The third-order valence-corrected chi connectivity index (χ3v) is 7.21. The van der Waals surface area contributed by atoms with Crippen LogP contribution in [0, 0.1) is 11.8 Å². The van der Waals surface area contributed by atoms with E-state index in [-0.39, 0.29) is 29.6 Å². The summed E-state index contributed by atoms with van der Waals surface area (Å²) < 4.78 is 11.2. The number of Topliss-reactive ketones (excluding diaryl/α,β-unsaturated/α-hetero) is 1. The highest BCUT2D eigenvalue weighted by atomic mass is 32.1. The first-order valence-electron chi connectivity index (χ1n) is 9.24. The van der Waals surface area contributed by atoms with Crippen molar-refractivity contribution in [3.8, 4) is 0 Å². The number of carbonyl (C=O) groups excluding carboxylic acids is 2. The number of aliphatic hydroxyl groups is 1. The molecule has 0 spiro atoms. The maximum Gasteiger partial charge on any atom is 0.227 e. The Hall–Kier alpha value is -1.28. The van der Waals surface area contributed by atoms with Crippen molar-refractivity contribution in [3.63, 3.8) is 0 Å². The molecule has 1 aromatic heterocycles. The topological polar surface area (TPSA) is 76.1 Å². The predicted molar refractivity (Wildman–Crippen MR) is 96.3 cm³/mol. The van der Waals surface area contributed by atoms with Crippen LogP contribution in [0.15, 0.2) is 11.4 Å². The summed E-state index contributed by atoms with van der Waals surface area (Å²) in [6.45, 7) is 4.23. The van der Waals surface area contributed by atoms with Crippen LogP contribution in [0.3, 0.4) is 0 Å². The number of likely N-dealkylation sites (tertiary alicyclic amines) is 1. The molecule has 4 atom stereocenters. The van der Waals surface area contributed by atoms with Gasteiger partial charge in [-0.25, -0.2) is 0 Å². The summed E-state index contributed by atoms with van der Waals surface area (Å²) >= 11 is 1.39. The summed E-state index contributed by atoms with van der Waals surface area (Å²) in [5, 5.41) is 13.2. The summed E-state index contributed by atoms with van der Waals surface area (Å²) in [6, 6.07) is 1.83. The minimum Gasteiger partial charge on any atom is -0.389 e. The van der Waals surface area contributed by atoms with Crippen LogP contribution in [0.5, 0.6) is 0 Å². The molecule has 3 aliphatic heterocycles. The van der Waals surface area contributed by atoms with E-state index in [0.29, 0.717) is 50.7 Å². The van der Waals surface area contributed by atoms with Crippen molar-refractivity contribution in [2.24, 2.45) is 11.8 Å². The smallest absolute Gasteiger partial charge is 0.227 e. The van der Waals surface area contributed by atoms with Crippen LogP contribution in [0.4, 0.5) is 0 Å². The lowest BCUT2D eigenvalue weighted by atomic mass is 9.66. The Kier molecular flexibility index (Phi) is 4.90. The van der Waals surface area contributed by atoms with Crippen LogP contribution < -0.4 is 0 Å². The molecule has 6 nitrogen and oxygen atoms in total. The number of hydrogen-bond donors (Lipinski definition) is 1. The standard InChI is InChI=1S/C19H25NO5S/c1-12(21)17-6-13(11-26-17)7-18(22)20-8-14-9-25-5-3-19(14,23)15-10-24-4-2-16(15)20/h6,11,14-16,23H,2-5,7-10H2,1H3/t14-,15+,16-,19-/m1/s1. The summed E-state index contributed by atoms with van der Waals surface area (Å²) in [4.78, 5) is 27.2. The number of thiophene rings is 1. The minimum absolute atomic E-state index is 0.0153. The first-order valence-corrected chi connectivity index (χ1v) is 10.1. The van der Waals surface area contributed by atoms with Gasteiger partial charge in [0.2, 0.25) is 5.91 Å². The number of hydrogen-bond acceptors (Lipinski definition) is 6. The molecule has 0 aliphatic carbocycles. The molecule has 1 aromatic rings. The molecule has 3 fully saturated rings. The maximum atomic E-state index is 13.1. The van der Waals surface area contributed by atoms with Gasteiger partial charge >= 0.3 is 0 Å². The molecule has 3 saturated heterocycles. The summed E-state index contributed by atoms with van der Waals surface area (Å²) in [6.07, 6.45) is 1.66. The van der Waals surface area contributed by atoms with Crippen molar-refractivity contribution < 1.29 is 24.2 Å². The van der Waals surface area contributed by atoms with E-state index in [1.165, 1.54) is 11.3 Å². The van der Waals surface area contributed by atoms with E-state index in [1.54, 1.807) is 6.92 Å². The fourth-order valence-corrected chi connectivity index (χ4v) is 5.49. The van der Waals surface area contributed by atoms with Crippen molar-refractivity contribution in [3.05, 3.63) is 21.9 Å². The number of fused-ring (bicyclic) bond motifs is 3. The lowest BCUT2D eigenvalue weighted by molar-refractivity contribution is -0.219. The van der Waals surface area contributed by atoms with Crippen molar-refractivity contribution in [2.75, 3.05) is 33.0 Å². The van der Waals surface area contributed by atoms with Gasteiger partial charge < -0.3 is 19.5 Å². The molecule has 3 aliphatic rings. The highest BCUT2D eigenvalue weighted by Crippen LogP contribution is 2.44. The van der Waals surface area contributed by atoms with Gasteiger partial charge in [-0.3, -0.25) is 9.59 Å². The number of ether oxygens (including phenoxy) is 2. The van der Waals surface area contributed by atoms with Gasteiger partial charge in [0.15, 0.2) is 5.78 Å². The van der Waals surface area contributed by atoms with Gasteiger partial charge in [0.25, 0.3) is 0 Å². The largest absolute Gasteiger partial charge is 0.389 e. The van der Waals surface area contributed by atoms with Crippen LogP contribution in [-0.2, 0) is 20.7 Å². The van der Waals surface area contributed by atoms with Crippen LogP contribution in [0.1, 0.15) is 35.0 Å². The Balaban J connectivity index is 1.54. The van der Waals surface area contributed by atoms with E-state index in [4.69, 9.17) is 9.47 Å². The van der Waals surface area contributed by atoms with Crippen molar-refractivity contribution in [2.45, 2.75) is 37.8 Å². The number of amides is 1. The molecule has 7 heteroatoms. The summed E-state index contributed by atoms with van der Waals surface area (Å²) in [7, 11) is 0. The molecular formula is C19H25NO5S. The van der Waals surface area contributed by atoms with Crippen LogP contribution in [0.2, 0.25) is 0 Å². The molecule has 1 amide bonds. The van der Waals surface area contributed by atoms with E-state index in [9.17, 15) is 14.7 Å². The Labute approximate surface area is 157 Å². The van der Waals surface area contributed by atoms with Crippen molar-refractivity contribution >= 4 is 23.0 Å². The lowest BCUT2D eigenvalue weighted by Crippen LogP contribution is -2.69. The number of ketones is 1. The molecule has 4 rings (SSSR count). The molecule has 0 bridgehead atoms. The second-order valence-electron chi connectivity index (χ2n) is 7.65. The molecule has 4 heterocycles. The monoisotopic (exact) mass is 379 g/mol. The zero-order valence-electron chi connectivity index (χ0n) is 15.0. The molecule has 142 valence electrons. The third kappa shape index (κ3) is 3.11. The highest BCUT2D eigenvalue weighted by Gasteiger charge is 2.56. The van der Waals surface area contributed by atoms with Gasteiger partial charge in [-0.05, 0) is 30.4 Å². The molecule has 0 unspecified atom stereocenters. The quantitative estimate of drug-likeness (QED) is 0.806. The van der Waals surface area contributed by atoms with E-state index < -0.39 is 5.60 Å². The lowest BCUT2D eigenvalue weighted by Gasteiger charge is -2.57. The maximum absolute atomic E-state index is 13.1. The average Bonchev–Trinajstić information content (AvgIpc) is 3.10. The van der Waals surface area contributed by atoms with Crippen LogP contribution in [-0.4, -0.2) is 66.3 Å². The van der Waals surface area contributed by atoms with Gasteiger partial charge in [0.1, 0.15) is 0 Å². The Bertz CT molecular complexity index is 704. The zero-order chi connectivity index (χ0) is 18.3. The van der Waals surface area contributed by atoms with E-state index in [1.807, 2.05) is 16.3 Å². The van der Waals surface area contributed by atoms with Gasteiger partial charge in [0, 0.05) is 44.1 Å². The Morgan fingerprint density at radius 1 is 1.35 bits per heavy atom. The number of rotatable bonds is 3. The highest BCUT2D eigenvalue weighted by molar-refractivity contribution is 7.12. The Morgan fingerprint density at radius 2 is 2.15 bits per heavy atom. The Morgan fingerprint density at radius 3 is 2.92 bits per heavy atom. The predicted octanol–water partition coefficient (Wildman–Crippen LogP) is 1.51. The number of carbonyl (C=O) groups is 2. The molecule has 0 radical (unpaired) electrons. The first-order chi connectivity index (χ1) is 12.5. The summed E-state index contributed by atoms with van der Waals surface area (Å²) in [5.74, 6) is -0.0421. The van der Waals surface area contributed by atoms with Gasteiger partial charge in [-0.15, -0.1) is 11.3 Å². The summed E-state index contributed by atoms with van der Waals surface area (Å²) in [5.41, 5.74) is 0.0825. The van der Waals surface area contributed by atoms with E-state index in [0.717, 1.165) is 12.0 Å². The average molecular weight is 379 g/mol. The SMILES string of the molecule is CC(=O)c1cc(CC(=O)N2C[C@@H]3COCC[C@]3(O)[C@H]3COCC[C@H]32)cs1. The van der Waals surface area contributed by atoms with Crippen molar-refractivity contribution in [1.82, 2.24) is 4.90 Å².